The lowest BCUT2D eigenvalue weighted by Gasteiger charge is -2.07. The van der Waals surface area contributed by atoms with Crippen molar-refractivity contribution in [1.29, 1.82) is 0 Å². The number of anilines is 1. The van der Waals surface area contributed by atoms with E-state index in [-0.39, 0.29) is 0 Å². The zero-order chi connectivity index (χ0) is 12.8. The predicted molar refractivity (Wildman–Crippen MR) is 72.0 cm³/mol. The van der Waals surface area contributed by atoms with Gasteiger partial charge in [-0.15, -0.1) is 11.8 Å². The van der Waals surface area contributed by atoms with Crippen molar-refractivity contribution in [2.45, 2.75) is 4.90 Å². The minimum Gasteiger partial charge on any atom is -0.382 e. The van der Waals surface area contributed by atoms with Gasteiger partial charge in [0.1, 0.15) is 11.6 Å². The minimum atomic E-state index is -0.559. The Hall–Kier alpha value is -1.55. The van der Waals surface area contributed by atoms with Crippen LogP contribution in [-0.4, -0.2) is 12.3 Å². The van der Waals surface area contributed by atoms with E-state index < -0.39 is 11.6 Å². The molecule has 0 radical (unpaired) electrons. The van der Waals surface area contributed by atoms with E-state index in [1.807, 2.05) is 30.3 Å². The van der Waals surface area contributed by atoms with Crippen LogP contribution in [0.4, 0.5) is 14.5 Å². The van der Waals surface area contributed by atoms with Crippen molar-refractivity contribution in [2.24, 2.45) is 0 Å². The Balaban J connectivity index is 1.79. The van der Waals surface area contributed by atoms with Gasteiger partial charge < -0.3 is 5.32 Å². The second-order valence-electron chi connectivity index (χ2n) is 3.71. The molecular formula is C14H13F2NS. The van der Waals surface area contributed by atoms with E-state index in [1.54, 1.807) is 11.8 Å². The summed E-state index contributed by atoms with van der Waals surface area (Å²) in [6.07, 6.45) is 0. The van der Waals surface area contributed by atoms with Crippen molar-refractivity contribution in [1.82, 2.24) is 0 Å². The molecule has 94 valence electrons. The number of thioether (sulfide) groups is 1. The average molecular weight is 265 g/mol. The molecule has 0 aliphatic rings. The molecule has 0 saturated carbocycles. The quantitative estimate of drug-likeness (QED) is 0.643. The van der Waals surface area contributed by atoms with Crippen LogP contribution < -0.4 is 5.32 Å². The highest BCUT2D eigenvalue weighted by atomic mass is 32.2. The smallest absolute Gasteiger partial charge is 0.149 e. The highest BCUT2D eigenvalue weighted by Crippen LogP contribution is 2.18. The molecule has 0 spiro atoms. The van der Waals surface area contributed by atoms with Crippen LogP contribution in [0, 0.1) is 11.6 Å². The van der Waals surface area contributed by atoms with Crippen LogP contribution in [0.3, 0.4) is 0 Å². The van der Waals surface area contributed by atoms with Gasteiger partial charge in [-0.3, -0.25) is 0 Å². The van der Waals surface area contributed by atoms with Gasteiger partial charge in [0.15, 0.2) is 0 Å². The molecule has 1 nitrogen and oxygen atoms in total. The first-order chi connectivity index (χ1) is 8.75. The molecule has 0 aromatic heterocycles. The van der Waals surface area contributed by atoms with Gasteiger partial charge >= 0.3 is 0 Å². The van der Waals surface area contributed by atoms with Gasteiger partial charge in [0.2, 0.25) is 0 Å². The SMILES string of the molecule is Fc1ccc(NCCSc2ccccc2)c(F)c1. The number of nitrogens with one attached hydrogen (secondary N) is 1. The van der Waals surface area contributed by atoms with Crippen molar-refractivity contribution in [3.05, 3.63) is 60.2 Å². The number of benzene rings is 2. The second kappa shape index (κ2) is 6.40. The van der Waals surface area contributed by atoms with Crippen LogP contribution >= 0.6 is 11.8 Å². The maximum atomic E-state index is 13.3. The van der Waals surface area contributed by atoms with Crippen molar-refractivity contribution < 1.29 is 8.78 Å². The molecule has 0 fully saturated rings. The molecule has 0 aliphatic heterocycles. The Kier molecular flexibility index (Phi) is 4.59. The summed E-state index contributed by atoms with van der Waals surface area (Å²) in [6.45, 7) is 0.627. The summed E-state index contributed by atoms with van der Waals surface area (Å²) in [5.74, 6) is -0.294. The lowest BCUT2D eigenvalue weighted by molar-refractivity contribution is 0.585. The van der Waals surface area contributed by atoms with Crippen molar-refractivity contribution >= 4 is 17.4 Å². The molecule has 0 amide bonds. The number of halogens is 2. The first-order valence-corrected chi connectivity index (χ1v) is 6.61. The summed E-state index contributed by atoms with van der Waals surface area (Å²) in [5, 5.41) is 2.95. The Morgan fingerprint density at radius 1 is 1.00 bits per heavy atom. The van der Waals surface area contributed by atoms with E-state index >= 15 is 0 Å². The van der Waals surface area contributed by atoms with Crippen LogP contribution in [0.5, 0.6) is 0 Å². The monoisotopic (exact) mass is 265 g/mol. The first-order valence-electron chi connectivity index (χ1n) is 5.62. The highest BCUT2D eigenvalue weighted by molar-refractivity contribution is 7.99. The summed E-state index contributed by atoms with van der Waals surface area (Å²) in [7, 11) is 0. The molecule has 0 atom stereocenters. The van der Waals surface area contributed by atoms with Gasteiger partial charge in [-0.2, -0.15) is 0 Å². The third-order valence-electron chi connectivity index (χ3n) is 2.36. The Morgan fingerprint density at radius 2 is 1.78 bits per heavy atom. The molecule has 1 N–H and O–H groups in total. The maximum absolute atomic E-state index is 13.3. The molecule has 0 bridgehead atoms. The largest absolute Gasteiger partial charge is 0.382 e. The van der Waals surface area contributed by atoms with Crippen LogP contribution in [-0.2, 0) is 0 Å². The Labute approximate surface area is 109 Å². The summed E-state index contributed by atoms with van der Waals surface area (Å²) in [5.41, 5.74) is 0.338. The van der Waals surface area contributed by atoms with Gasteiger partial charge in [0.25, 0.3) is 0 Å². The lowest BCUT2D eigenvalue weighted by Crippen LogP contribution is -2.05. The zero-order valence-corrected chi connectivity index (χ0v) is 10.5. The fourth-order valence-electron chi connectivity index (χ4n) is 1.50. The highest BCUT2D eigenvalue weighted by Gasteiger charge is 2.02. The minimum absolute atomic E-state index is 0.338. The van der Waals surface area contributed by atoms with Gasteiger partial charge in [0.05, 0.1) is 5.69 Å². The Bertz CT molecular complexity index is 502. The van der Waals surface area contributed by atoms with E-state index in [0.29, 0.717) is 12.2 Å². The third-order valence-corrected chi connectivity index (χ3v) is 3.37. The number of hydrogen-bond acceptors (Lipinski definition) is 2. The normalized spacial score (nSPS) is 10.3. The van der Waals surface area contributed by atoms with E-state index in [2.05, 4.69) is 5.32 Å². The van der Waals surface area contributed by atoms with Crippen molar-refractivity contribution in [3.8, 4) is 0 Å². The third kappa shape index (κ3) is 3.74. The summed E-state index contributed by atoms with van der Waals surface area (Å²) in [4.78, 5) is 1.18. The molecule has 2 aromatic rings. The molecule has 0 aliphatic carbocycles. The zero-order valence-electron chi connectivity index (χ0n) is 9.70. The van der Waals surface area contributed by atoms with E-state index in [9.17, 15) is 8.78 Å². The van der Waals surface area contributed by atoms with E-state index in [4.69, 9.17) is 0 Å². The summed E-state index contributed by atoms with van der Waals surface area (Å²) >= 11 is 1.69. The van der Waals surface area contributed by atoms with Crippen LogP contribution in [0.2, 0.25) is 0 Å². The molecule has 4 heteroatoms. The molecule has 0 saturated heterocycles. The maximum Gasteiger partial charge on any atom is 0.149 e. The number of rotatable bonds is 5. The van der Waals surface area contributed by atoms with Gasteiger partial charge in [-0.25, -0.2) is 8.78 Å². The fraction of sp³-hybridized carbons (Fsp3) is 0.143. The van der Waals surface area contributed by atoms with Crippen LogP contribution in [0.1, 0.15) is 0 Å². The van der Waals surface area contributed by atoms with Crippen molar-refractivity contribution in [3.63, 3.8) is 0 Å². The molecule has 2 aromatic carbocycles. The molecule has 0 heterocycles. The first kappa shape index (κ1) is 12.9. The molecular weight excluding hydrogens is 252 g/mol. The van der Waals surface area contributed by atoms with Gasteiger partial charge in [0, 0.05) is 23.3 Å². The average Bonchev–Trinajstić information content (AvgIpc) is 2.38. The second-order valence-corrected chi connectivity index (χ2v) is 4.88. The van der Waals surface area contributed by atoms with E-state index in [1.165, 1.54) is 17.0 Å². The fourth-order valence-corrected chi connectivity index (χ4v) is 2.29. The molecule has 2 rings (SSSR count). The van der Waals surface area contributed by atoms with Gasteiger partial charge in [-0.05, 0) is 24.3 Å². The molecule has 0 unspecified atom stereocenters. The van der Waals surface area contributed by atoms with Crippen LogP contribution in [0.25, 0.3) is 0 Å². The Morgan fingerprint density at radius 3 is 2.50 bits per heavy atom. The summed E-state index contributed by atoms with van der Waals surface area (Å²) < 4.78 is 26.0. The van der Waals surface area contributed by atoms with Gasteiger partial charge in [-0.1, -0.05) is 18.2 Å². The number of hydrogen-bond donors (Lipinski definition) is 1. The lowest BCUT2D eigenvalue weighted by atomic mass is 10.3. The van der Waals surface area contributed by atoms with Crippen molar-refractivity contribution in [2.75, 3.05) is 17.6 Å². The predicted octanol–water partition coefficient (Wildman–Crippen LogP) is 4.17. The standard InChI is InChI=1S/C14H13F2NS/c15-11-6-7-14(13(16)10-11)17-8-9-18-12-4-2-1-3-5-12/h1-7,10,17H,8-9H2. The summed E-state index contributed by atoms with van der Waals surface area (Å²) in [6, 6.07) is 13.5. The van der Waals surface area contributed by atoms with Crippen LogP contribution in [0.15, 0.2) is 53.4 Å². The molecule has 18 heavy (non-hydrogen) atoms. The topological polar surface area (TPSA) is 12.0 Å². The van der Waals surface area contributed by atoms with E-state index in [0.717, 1.165) is 11.8 Å².